The Kier molecular flexibility index (Phi) is 3.90. The molecular weight excluding hydrogens is 204 g/mol. The summed E-state index contributed by atoms with van der Waals surface area (Å²) in [5.74, 6) is 1.56. The zero-order chi connectivity index (χ0) is 11.4. The monoisotopic (exact) mass is 224 g/mol. The summed E-state index contributed by atoms with van der Waals surface area (Å²) in [5.41, 5.74) is 5.44. The summed E-state index contributed by atoms with van der Waals surface area (Å²) in [5, 5.41) is 3.96. The third-order valence-electron chi connectivity index (χ3n) is 3.20. The lowest BCUT2D eigenvalue weighted by molar-refractivity contribution is 0.278. The number of nitrogens with two attached hydrogens (primary N) is 1. The van der Waals surface area contributed by atoms with Gasteiger partial charge >= 0.3 is 0 Å². The number of hydrogen-bond donors (Lipinski definition) is 1. The van der Waals surface area contributed by atoms with E-state index in [1.807, 2.05) is 0 Å². The van der Waals surface area contributed by atoms with Gasteiger partial charge in [-0.3, -0.25) is 0 Å². The third-order valence-corrected chi connectivity index (χ3v) is 3.20. The van der Waals surface area contributed by atoms with Crippen molar-refractivity contribution in [2.75, 3.05) is 20.1 Å². The van der Waals surface area contributed by atoms with Crippen molar-refractivity contribution in [1.29, 1.82) is 0 Å². The first-order chi connectivity index (χ1) is 7.79. The van der Waals surface area contributed by atoms with Crippen molar-refractivity contribution >= 4 is 0 Å². The van der Waals surface area contributed by atoms with E-state index in [4.69, 9.17) is 10.3 Å². The molecule has 1 unspecified atom stereocenters. The van der Waals surface area contributed by atoms with Crippen LogP contribution in [-0.2, 0) is 12.8 Å². The Morgan fingerprint density at radius 1 is 1.56 bits per heavy atom. The minimum atomic E-state index is 0.572. The quantitative estimate of drug-likeness (QED) is 0.793. The van der Waals surface area contributed by atoms with Gasteiger partial charge in [0.1, 0.15) is 0 Å². The summed E-state index contributed by atoms with van der Waals surface area (Å²) in [6.45, 7) is 1.86. The molecule has 1 aliphatic rings. The molecule has 2 heterocycles. The maximum absolute atomic E-state index is 5.44. The van der Waals surface area contributed by atoms with Gasteiger partial charge in [0.25, 0.3) is 0 Å². The molecule has 0 bridgehead atoms. The van der Waals surface area contributed by atoms with Crippen molar-refractivity contribution < 1.29 is 4.52 Å². The first-order valence-corrected chi connectivity index (χ1v) is 6.01. The summed E-state index contributed by atoms with van der Waals surface area (Å²) in [6.07, 6.45) is 5.13. The first kappa shape index (κ1) is 11.5. The minimum Gasteiger partial charge on any atom is -0.339 e. The second-order valence-electron chi connectivity index (χ2n) is 4.48. The van der Waals surface area contributed by atoms with Crippen LogP contribution in [-0.4, -0.2) is 41.2 Å². The Morgan fingerprint density at radius 2 is 2.44 bits per heavy atom. The number of aromatic nitrogens is 2. The molecule has 1 fully saturated rings. The Balaban J connectivity index is 1.87. The van der Waals surface area contributed by atoms with Crippen LogP contribution in [0.2, 0.25) is 0 Å². The summed E-state index contributed by atoms with van der Waals surface area (Å²) in [7, 11) is 2.16. The Labute approximate surface area is 96.0 Å². The van der Waals surface area contributed by atoms with E-state index in [0.717, 1.165) is 31.0 Å². The van der Waals surface area contributed by atoms with Crippen LogP contribution in [0.3, 0.4) is 0 Å². The van der Waals surface area contributed by atoms with E-state index >= 15 is 0 Å². The molecular formula is C11H20N4O. The number of likely N-dealkylation sites (N-methyl/N-ethyl adjacent to an activating group) is 1. The van der Waals surface area contributed by atoms with E-state index in [9.17, 15) is 0 Å². The standard InChI is InChI=1S/C11H20N4O/c1-15-7-3-4-9(15)8-11-13-10(14-16-11)5-2-6-12/h9H,2-8,12H2,1H3. The maximum Gasteiger partial charge on any atom is 0.228 e. The SMILES string of the molecule is CN1CCCC1Cc1nc(CCCN)no1. The molecule has 5 nitrogen and oxygen atoms in total. The average molecular weight is 224 g/mol. The van der Waals surface area contributed by atoms with Crippen LogP contribution in [0, 0.1) is 0 Å². The van der Waals surface area contributed by atoms with E-state index in [1.165, 1.54) is 19.4 Å². The van der Waals surface area contributed by atoms with Crippen LogP contribution in [0.15, 0.2) is 4.52 Å². The number of rotatable bonds is 5. The highest BCUT2D eigenvalue weighted by Gasteiger charge is 2.23. The summed E-state index contributed by atoms with van der Waals surface area (Å²) >= 11 is 0. The molecule has 1 aliphatic heterocycles. The van der Waals surface area contributed by atoms with Crippen molar-refractivity contribution in [3.05, 3.63) is 11.7 Å². The number of nitrogens with zero attached hydrogens (tertiary/aromatic N) is 3. The molecule has 0 amide bonds. The molecule has 0 aliphatic carbocycles. The Bertz CT molecular complexity index is 326. The van der Waals surface area contributed by atoms with Crippen molar-refractivity contribution in [2.45, 2.75) is 38.1 Å². The number of likely N-dealkylation sites (tertiary alicyclic amines) is 1. The highest BCUT2D eigenvalue weighted by Crippen LogP contribution is 2.18. The van der Waals surface area contributed by atoms with Crippen molar-refractivity contribution in [3.63, 3.8) is 0 Å². The Hall–Kier alpha value is -0.940. The fraction of sp³-hybridized carbons (Fsp3) is 0.818. The molecule has 1 saturated heterocycles. The molecule has 5 heteroatoms. The zero-order valence-electron chi connectivity index (χ0n) is 9.85. The molecule has 0 spiro atoms. The van der Waals surface area contributed by atoms with E-state index in [0.29, 0.717) is 12.6 Å². The molecule has 0 aromatic carbocycles. The second-order valence-corrected chi connectivity index (χ2v) is 4.48. The van der Waals surface area contributed by atoms with E-state index in [2.05, 4.69) is 22.1 Å². The normalized spacial score (nSPS) is 21.8. The van der Waals surface area contributed by atoms with Gasteiger partial charge in [0.15, 0.2) is 5.82 Å². The highest BCUT2D eigenvalue weighted by atomic mass is 16.5. The summed E-state index contributed by atoms with van der Waals surface area (Å²) in [6, 6.07) is 0.572. The van der Waals surface area contributed by atoms with Crippen LogP contribution in [0.1, 0.15) is 31.0 Å². The molecule has 2 N–H and O–H groups in total. The van der Waals surface area contributed by atoms with Gasteiger partial charge in [-0.15, -0.1) is 0 Å². The van der Waals surface area contributed by atoms with Crippen LogP contribution >= 0.6 is 0 Å². The second kappa shape index (κ2) is 5.41. The lowest BCUT2D eigenvalue weighted by Crippen LogP contribution is -2.26. The van der Waals surface area contributed by atoms with Gasteiger partial charge in [0.2, 0.25) is 5.89 Å². The summed E-state index contributed by atoms with van der Waals surface area (Å²) < 4.78 is 5.24. The molecule has 16 heavy (non-hydrogen) atoms. The zero-order valence-corrected chi connectivity index (χ0v) is 9.85. The van der Waals surface area contributed by atoms with Crippen LogP contribution in [0.25, 0.3) is 0 Å². The van der Waals surface area contributed by atoms with Crippen LogP contribution in [0.4, 0.5) is 0 Å². The molecule has 2 rings (SSSR count). The van der Waals surface area contributed by atoms with E-state index in [1.54, 1.807) is 0 Å². The lowest BCUT2D eigenvalue weighted by atomic mass is 10.1. The number of hydrogen-bond acceptors (Lipinski definition) is 5. The van der Waals surface area contributed by atoms with Gasteiger partial charge in [-0.1, -0.05) is 5.16 Å². The van der Waals surface area contributed by atoms with Crippen molar-refractivity contribution in [3.8, 4) is 0 Å². The predicted octanol–water partition coefficient (Wildman–Crippen LogP) is 0.598. The molecule has 0 saturated carbocycles. The topological polar surface area (TPSA) is 68.2 Å². The van der Waals surface area contributed by atoms with Gasteiger partial charge in [0, 0.05) is 18.9 Å². The molecule has 1 atom stereocenters. The van der Waals surface area contributed by atoms with Gasteiger partial charge in [-0.2, -0.15) is 4.98 Å². The van der Waals surface area contributed by atoms with E-state index in [-0.39, 0.29) is 0 Å². The number of aryl methyl sites for hydroxylation is 1. The van der Waals surface area contributed by atoms with Gasteiger partial charge < -0.3 is 15.2 Å². The van der Waals surface area contributed by atoms with Crippen molar-refractivity contribution in [2.24, 2.45) is 5.73 Å². The lowest BCUT2D eigenvalue weighted by Gasteiger charge is -2.16. The third kappa shape index (κ3) is 2.80. The smallest absolute Gasteiger partial charge is 0.228 e. The van der Waals surface area contributed by atoms with Crippen molar-refractivity contribution in [1.82, 2.24) is 15.0 Å². The van der Waals surface area contributed by atoms with Gasteiger partial charge in [0.05, 0.1) is 0 Å². The fourth-order valence-corrected chi connectivity index (χ4v) is 2.17. The maximum atomic E-state index is 5.44. The van der Waals surface area contributed by atoms with Gasteiger partial charge in [-0.05, 0) is 39.4 Å². The van der Waals surface area contributed by atoms with E-state index < -0.39 is 0 Å². The summed E-state index contributed by atoms with van der Waals surface area (Å²) in [4.78, 5) is 6.75. The Morgan fingerprint density at radius 3 is 3.12 bits per heavy atom. The van der Waals surface area contributed by atoms with Crippen LogP contribution in [0.5, 0.6) is 0 Å². The minimum absolute atomic E-state index is 0.572. The molecule has 1 aromatic rings. The molecule has 1 aromatic heterocycles. The first-order valence-electron chi connectivity index (χ1n) is 6.01. The molecule has 90 valence electrons. The van der Waals surface area contributed by atoms with Crippen LogP contribution < -0.4 is 5.73 Å². The average Bonchev–Trinajstić information content (AvgIpc) is 2.87. The van der Waals surface area contributed by atoms with Gasteiger partial charge in [-0.25, -0.2) is 0 Å². The molecule has 0 radical (unpaired) electrons. The fourth-order valence-electron chi connectivity index (χ4n) is 2.17. The largest absolute Gasteiger partial charge is 0.339 e. The highest BCUT2D eigenvalue weighted by molar-refractivity contribution is 4.91. The predicted molar refractivity (Wildman–Crippen MR) is 61.0 cm³/mol.